The van der Waals surface area contributed by atoms with Gasteiger partial charge in [-0.15, -0.1) is 0 Å². The van der Waals surface area contributed by atoms with Gasteiger partial charge >= 0.3 is 5.97 Å². The van der Waals surface area contributed by atoms with Crippen molar-refractivity contribution in [2.75, 3.05) is 6.61 Å². The minimum atomic E-state index is -0.788. The van der Waals surface area contributed by atoms with Crippen LogP contribution in [0.2, 0.25) is 0 Å². The predicted molar refractivity (Wildman–Crippen MR) is 260 cm³/mol. The fourth-order valence-corrected chi connectivity index (χ4v) is 8.49. The van der Waals surface area contributed by atoms with E-state index in [9.17, 15) is 19.8 Å². The van der Waals surface area contributed by atoms with Gasteiger partial charge in [0.05, 0.1) is 25.2 Å². The second-order valence-corrected chi connectivity index (χ2v) is 18.6. The van der Waals surface area contributed by atoms with E-state index in [4.69, 9.17) is 4.74 Å². The van der Waals surface area contributed by atoms with Gasteiger partial charge in [-0.1, -0.05) is 251 Å². The molecule has 0 saturated heterocycles. The lowest BCUT2D eigenvalue weighted by molar-refractivity contribution is -0.151. The van der Waals surface area contributed by atoms with Crippen molar-refractivity contribution in [3.05, 3.63) is 12.2 Å². The summed E-state index contributed by atoms with van der Waals surface area (Å²) < 4.78 is 5.92. The molecule has 0 aliphatic heterocycles. The van der Waals surface area contributed by atoms with Gasteiger partial charge in [0.1, 0.15) is 6.10 Å². The summed E-state index contributed by atoms with van der Waals surface area (Å²) in [6.45, 7) is 6.49. The Morgan fingerprint density at radius 1 is 0.467 bits per heavy atom. The highest BCUT2D eigenvalue weighted by molar-refractivity contribution is 5.77. The SMILES string of the molecule is CCCCCCCC/C=C\CCCC(CC(=O)NC(CO)C(O)CCCCCCCCCCCCCC)OC(=O)CCCCCCCCCCCCCCCCCCCC. The fourth-order valence-electron chi connectivity index (χ4n) is 8.49. The molecule has 0 aromatic carbocycles. The molecule has 0 radical (unpaired) electrons. The molecule has 356 valence electrons. The zero-order valence-electron chi connectivity index (χ0n) is 40.6. The molecular weight excluding hydrogens is 743 g/mol. The second-order valence-electron chi connectivity index (χ2n) is 18.6. The van der Waals surface area contributed by atoms with Crippen molar-refractivity contribution < 1.29 is 24.5 Å². The number of amides is 1. The molecule has 6 nitrogen and oxygen atoms in total. The lowest BCUT2D eigenvalue weighted by Gasteiger charge is -2.24. The largest absolute Gasteiger partial charge is 0.462 e. The van der Waals surface area contributed by atoms with Crippen LogP contribution in [0.5, 0.6) is 0 Å². The van der Waals surface area contributed by atoms with Crippen molar-refractivity contribution in [2.24, 2.45) is 0 Å². The van der Waals surface area contributed by atoms with Crippen molar-refractivity contribution in [3.63, 3.8) is 0 Å². The normalized spacial score (nSPS) is 13.2. The van der Waals surface area contributed by atoms with Crippen molar-refractivity contribution in [1.29, 1.82) is 0 Å². The molecule has 1 amide bonds. The van der Waals surface area contributed by atoms with E-state index < -0.39 is 18.2 Å². The van der Waals surface area contributed by atoms with Crippen LogP contribution in [0, 0.1) is 0 Å². The average Bonchev–Trinajstić information content (AvgIpc) is 3.24. The van der Waals surface area contributed by atoms with E-state index in [1.165, 1.54) is 199 Å². The number of unbranched alkanes of at least 4 members (excludes halogenated alkanes) is 35. The number of hydrogen-bond donors (Lipinski definition) is 3. The number of hydrogen-bond acceptors (Lipinski definition) is 5. The van der Waals surface area contributed by atoms with Crippen LogP contribution in [0.25, 0.3) is 0 Å². The molecule has 0 heterocycles. The molecule has 0 aromatic heterocycles. The fraction of sp³-hybridized carbons (Fsp3) is 0.926. The number of esters is 1. The lowest BCUT2D eigenvalue weighted by Crippen LogP contribution is -2.46. The maximum atomic E-state index is 13.2. The maximum absolute atomic E-state index is 13.2. The topological polar surface area (TPSA) is 95.9 Å². The van der Waals surface area contributed by atoms with Gasteiger partial charge in [-0.25, -0.2) is 0 Å². The molecule has 0 saturated carbocycles. The standard InChI is InChI=1S/C54H105NO5/c1-4-7-10-13-16-19-22-24-25-26-27-28-29-32-35-38-41-44-47-54(59)60-50(45-42-39-36-33-30-21-18-15-12-9-6-3)48-53(58)55-51(49-56)52(57)46-43-40-37-34-31-23-20-17-14-11-8-5-2/h33,36,50-52,56-57H,4-32,34-35,37-49H2,1-3H3,(H,55,58)/b36-33-. The number of nitrogens with one attached hydrogen (secondary N) is 1. The number of carbonyl (C=O) groups is 2. The van der Waals surface area contributed by atoms with Gasteiger partial charge in [-0.05, 0) is 44.9 Å². The number of aliphatic hydroxyl groups is 2. The highest BCUT2D eigenvalue weighted by Crippen LogP contribution is 2.18. The van der Waals surface area contributed by atoms with Crippen LogP contribution >= 0.6 is 0 Å². The maximum Gasteiger partial charge on any atom is 0.306 e. The average molecular weight is 848 g/mol. The number of carbonyl (C=O) groups excluding carboxylic acids is 2. The molecule has 0 bridgehead atoms. The molecule has 0 fully saturated rings. The summed E-state index contributed by atoms with van der Waals surface area (Å²) in [5, 5.41) is 23.7. The number of allylic oxidation sites excluding steroid dienone is 2. The minimum Gasteiger partial charge on any atom is -0.462 e. The predicted octanol–water partition coefficient (Wildman–Crippen LogP) is 16.1. The smallest absolute Gasteiger partial charge is 0.306 e. The molecule has 60 heavy (non-hydrogen) atoms. The summed E-state index contributed by atoms with van der Waals surface area (Å²) in [4.78, 5) is 26.1. The van der Waals surface area contributed by atoms with Gasteiger partial charge in [0, 0.05) is 6.42 Å². The monoisotopic (exact) mass is 848 g/mol. The van der Waals surface area contributed by atoms with Crippen LogP contribution in [0.15, 0.2) is 12.2 Å². The third-order valence-electron chi connectivity index (χ3n) is 12.6. The van der Waals surface area contributed by atoms with Crippen LogP contribution in [0.1, 0.15) is 297 Å². The molecule has 0 aliphatic rings. The third kappa shape index (κ3) is 43.3. The molecule has 3 unspecified atom stereocenters. The van der Waals surface area contributed by atoms with Crippen molar-refractivity contribution in [3.8, 4) is 0 Å². The number of rotatable bonds is 49. The van der Waals surface area contributed by atoms with Crippen molar-refractivity contribution in [2.45, 2.75) is 315 Å². The molecule has 0 aromatic rings. The van der Waals surface area contributed by atoms with Gasteiger partial charge in [0.25, 0.3) is 0 Å². The van der Waals surface area contributed by atoms with Gasteiger partial charge in [0.15, 0.2) is 0 Å². The first kappa shape index (κ1) is 58.6. The Balaban J connectivity index is 4.46. The summed E-state index contributed by atoms with van der Waals surface area (Å²) in [5.41, 5.74) is 0. The van der Waals surface area contributed by atoms with E-state index in [2.05, 4.69) is 38.2 Å². The summed E-state index contributed by atoms with van der Waals surface area (Å²) >= 11 is 0. The Hall–Kier alpha value is -1.40. The van der Waals surface area contributed by atoms with Crippen LogP contribution in [0.3, 0.4) is 0 Å². The van der Waals surface area contributed by atoms with Crippen LogP contribution < -0.4 is 5.32 Å². The first-order valence-corrected chi connectivity index (χ1v) is 26.9. The van der Waals surface area contributed by atoms with E-state index in [1.807, 2.05) is 0 Å². The van der Waals surface area contributed by atoms with Crippen molar-refractivity contribution in [1.82, 2.24) is 5.32 Å². The third-order valence-corrected chi connectivity index (χ3v) is 12.6. The molecular formula is C54H105NO5. The Morgan fingerprint density at radius 2 is 0.817 bits per heavy atom. The molecule has 0 aliphatic carbocycles. The van der Waals surface area contributed by atoms with Crippen LogP contribution in [0.4, 0.5) is 0 Å². The summed E-state index contributed by atoms with van der Waals surface area (Å²) in [6.07, 6.45) is 54.3. The van der Waals surface area contributed by atoms with Crippen LogP contribution in [-0.4, -0.2) is 46.9 Å². The summed E-state index contributed by atoms with van der Waals surface area (Å²) in [5.74, 6) is -0.485. The summed E-state index contributed by atoms with van der Waals surface area (Å²) in [6, 6.07) is -0.703. The first-order valence-electron chi connectivity index (χ1n) is 26.9. The van der Waals surface area contributed by atoms with Gasteiger partial charge in [-0.2, -0.15) is 0 Å². The molecule has 3 atom stereocenters. The highest BCUT2D eigenvalue weighted by atomic mass is 16.5. The Kier molecular flexibility index (Phi) is 47.5. The molecule has 0 spiro atoms. The van der Waals surface area contributed by atoms with Gasteiger partial charge < -0.3 is 20.3 Å². The summed E-state index contributed by atoms with van der Waals surface area (Å²) in [7, 11) is 0. The van der Waals surface area contributed by atoms with Crippen molar-refractivity contribution >= 4 is 11.9 Å². The Labute approximate surface area is 374 Å². The van der Waals surface area contributed by atoms with Gasteiger partial charge in [0.2, 0.25) is 5.91 Å². The van der Waals surface area contributed by atoms with Gasteiger partial charge in [-0.3, -0.25) is 9.59 Å². The lowest BCUT2D eigenvalue weighted by atomic mass is 10.0. The molecule has 6 heteroatoms. The zero-order valence-corrected chi connectivity index (χ0v) is 40.6. The molecule has 3 N–H and O–H groups in total. The minimum absolute atomic E-state index is 0.0637. The van der Waals surface area contributed by atoms with E-state index in [1.54, 1.807) is 0 Å². The zero-order chi connectivity index (χ0) is 43.8. The number of aliphatic hydroxyl groups excluding tert-OH is 2. The first-order chi connectivity index (χ1) is 29.5. The quantitative estimate of drug-likeness (QED) is 0.0322. The van der Waals surface area contributed by atoms with E-state index >= 15 is 0 Å². The Bertz CT molecular complexity index is 909. The van der Waals surface area contributed by atoms with E-state index in [-0.39, 0.29) is 24.9 Å². The second kappa shape index (κ2) is 48.6. The Morgan fingerprint density at radius 3 is 1.22 bits per heavy atom. The number of ether oxygens (including phenoxy) is 1. The van der Waals surface area contributed by atoms with E-state index in [0.717, 1.165) is 51.4 Å². The van der Waals surface area contributed by atoms with Crippen LogP contribution in [-0.2, 0) is 14.3 Å². The van der Waals surface area contributed by atoms with E-state index in [0.29, 0.717) is 19.3 Å². The molecule has 0 rings (SSSR count). The highest BCUT2D eigenvalue weighted by Gasteiger charge is 2.24.